The number of nitrogens with one attached hydrogen (secondary N) is 2. The third-order valence-corrected chi connectivity index (χ3v) is 3.09. The molecule has 16 heavy (non-hydrogen) atoms. The second-order valence-electron chi connectivity index (χ2n) is 4.59. The summed E-state index contributed by atoms with van der Waals surface area (Å²) in [5.41, 5.74) is 0. The molecule has 0 spiro atoms. The van der Waals surface area contributed by atoms with Crippen LogP contribution in [0.1, 0.15) is 39.0 Å². The van der Waals surface area contributed by atoms with Crippen molar-refractivity contribution in [1.82, 2.24) is 10.6 Å². The Morgan fingerprint density at radius 2 is 2.25 bits per heavy atom. The standard InChI is InChI=1S/C12H24N2O2/c1-2-14-12(16)6-7-13-9-10-4-3-5-11(15)8-10/h10-11,13,15H,2-9H2,1H3,(H,14,16). The van der Waals surface area contributed by atoms with Gasteiger partial charge in [-0.15, -0.1) is 0 Å². The van der Waals surface area contributed by atoms with E-state index in [0.717, 1.165) is 32.4 Å². The van der Waals surface area contributed by atoms with Gasteiger partial charge in [0.2, 0.25) is 5.91 Å². The molecule has 0 aromatic rings. The van der Waals surface area contributed by atoms with Crippen molar-refractivity contribution in [2.45, 2.75) is 45.1 Å². The van der Waals surface area contributed by atoms with Gasteiger partial charge in [-0.2, -0.15) is 0 Å². The van der Waals surface area contributed by atoms with Gasteiger partial charge < -0.3 is 15.7 Å². The first-order valence-electron chi connectivity index (χ1n) is 6.37. The van der Waals surface area contributed by atoms with Crippen molar-refractivity contribution >= 4 is 5.91 Å². The second kappa shape index (κ2) is 7.63. The number of amides is 1. The predicted molar refractivity (Wildman–Crippen MR) is 64.1 cm³/mol. The van der Waals surface area contributed by atoms with E-state index in [1.807, 2.05) is 6.92 Å². The Labute approximate surface area is 97.8 Å². The van der Waals surface area contributed by atoms with Crippen LogP contribution >= 0.6 is 0 Å². The van der Waals surface area contributed by atoms with Gasteiger partial charge in [-0.1, -0.05) is 6.42 Å². The lowest BCUT2D eigenvalue weighted by Crippen LogP contribution is -2.32. The molecular weight excluding hydrogens is 204 g/mol. The minimum absolute atomic E-state index is 0.107. The molecule has 1 aliphatic carbocycles. The molecule has 1 fully saturated rings. The summed E-state index contributed by atoms with van der Waals surface area (Å²) in [6, 6.07) is 0. The maximum absolute atomic E-state index is 11.2. The zero-order valence-electron chi connectivity index (χ0n) is 10.2. The van der Waals surface area contributed by atoms with Crippen molar-refractivity contribution in [3.05, 3.63) is 0 Å². The van der Waals surface area contributed by atoms with E-state index in [9.17, 15) is 9.90 Å². The van der Waals surface area contributed by atoms with Crippen LogP contribution in [0.5, 0.6) is 0 Å². The minimum Gasteiger partial charge on any atom is -0.393 e. The SMILES string of the molecule is CCNC(=O)CCNCC1CCCC(O)C1. The minimum atomic E-state index is -0.107. The average Bonchev–Trinajstić information content (AvgIpc) is 2.25. The van der Waals surface area contributed by atoms with Crippen LogP contribution in [-0.4, -0.2) is 36.8 Å². The summed E-state index contributed by atoms with van der Waals surface area (Å²) in [4.78, 5) is 11.2. The molecule has 1 rings (SSSR count). The molecule has 0 bridgehead atoms. The first-order chi connectivity index (χ1) is 7.72. The molecule has 1 saturated carbocycles. The third kappa shape index (κ3) is 5.47. The summed E-state index contributed by atoms with van der Waals surface area (Å²) in [5, 5.41) is 15.6. The van der Waals surface area contributed by atoms with Crippen LogP contribution in [0, 0.1) is 5.92 Å². The van der Waals surface area contributed by atoms with Crippen molar-refractivity contribution in [3.63, 3.8) is 0 Å². The van der Waals surface area contributed by atoms with Crippen LogP contribution in [0.3, 0.4) is 0 Å². The number of rotatable bonds is 6. The van der Waals surface area contributed by atoms with Gasteiger partial charge in [0.25, 0.3) is 0 Å². The van der Waals surface area contributed by atoms with E-state index >= 15 is 0 Å². The van der Waals surface area contributed by atoms with Gasteiger partial charge in [-0.25, -0.2) is 0 Å². The van der Waals surface area contributed by atoms with E-state index in [1.54, 1.807) is 0 Å². The summed E-state index contributed by atoms with van der Waals surface area (Å²) in [7, 11) is 0. The Balaban J connectivity index is 2.00. The summed E-state index contributed by atoms with van der Waals surface area (Å²) in [5.74, 6) is 0.691. The number of carbonyl (C=O) groups is 1. The Hall–Kier alpha value is -0.610. The van der Waals surface area contributed by atoms with Crippen molar-refractivity contribution < 1.29 is 9.90 Å². The topological polar surface area (TPSA) is 61.4 Å². The molecule has 4 nitrogen and oxygen atoms in total. The first kappa shape index (κ1) is 13.5. The van der Waals surface area contributed by atoms with Crippen LogP contribution in [0.25, 0.3) is 0 Å². The maximum Gasteiger partial charge on any atom is 0.221 e. The Bertz CT molecular complexity index is 209. The number of carbonyl (C=O) groups excluding carboxylic acids is 1. The van der Waals surface area contributed by atoms with E-state index in [-0.39, 0.29) is 12.0 Å². The average molecular weight is 228 g/mol. The Kier molecular flexibility index (Phi) is 6.42. The largest absolute Gasteiger partial charge is 0.393 e. The van der Waals surface area contributed by atoms with Gasteiger partial charge in [0.1, 0.15) is 0 Å². The van der Waals surface area contributed by atoms with Gasteiger partial charge in [0.15, 0.2) is 0 Å². The maximum atomic E-state index is 11.2. The fourth-order valence-corrected chi connectivity index (χ4v) is 2.24. The zero-order chi connectivity index (χ0) is 11.8. The van der Waals surface area contributed by atoms with Crippen molar-refractivity contribution in [2.24, 2.45) is 5.92 Å². The van der Waals surface area contributed by atoms with Gasteiger partial charge in [0.05, 0.1) is 6.10 Å². The van der Waals surface area contributed by atoms with E-state index in [1.165, 1.54) is 6.42 Å². The number of hydrogen-bond acceptors (Lipinski definition) is 3. The summed E-state index contributed by atoms with van der Waals surface area (Å²) < 4.78 is 0. The van der Waals surface area contributed by atoms with E-state index in [4.69, 9.17) is 0 Å². The molecule has 0 aromatic carbocycles. The van der Waals surface area contributed by atoms with Crippen molar-refractivity contribution in [1.29, 1.82) is 0 Å². The number of hydrogen-bond donors (Lipinski definition) is 3. The first-order valence-corrected chi connectivity index (χ1v) is 6.37. The highest BCUT2D eigenvalue weighted by Gasteiger charge is 2.19. The monoisotopic (exact) mass is 228 g/mol. The molecule has 2 unspecified atom stereocenters. The normalized spacial score (nSPS) is 25.4. The molecule has 94 valence electrons. The summed E-state index contributed by atoms with van der Waals surface area (Å²) in [6.07, 6.45) is 4.63. The van der Waals surface area contributed by atoms with Crippen LogP contribution in [-0.2, 0) is 4.79 Å². The molecule has 2 atom stereocenters. The highest BCUT2D eigenvalue weighted by atomic mass is 16.3. The molecule has 0 saturated heterocycles. The predicted octanol–water partition coefficient (Wildman–Crippen LogP) is 0.653. The van der Waals surface area contributed by atoms with Crippen LogP contribution in [0.15, 0.2) is 0 Å². The van der Waals surface area contributed by atoms with Crippen LogP contribution in [0.2, 0.25) is 0 Å². The Morgan fingerprint density at radius 1 is 1.44 bits per heavy atom. The Morgan fingerprint density at radius 3 is 2.94 bits per heavy atom. The lowest BCUT2D eigenvalue weighted by atomic mass is 9.87. The third-order valence-electron chi connectivity index (χ3n) is 3.09. The molecular formula is C12H24N2O2. The lowest BCUT2D eigenvalue weighted by molar-refractivity contribution is -0.120. The fraction of sp³-hybridized carbons (Fsp3) is 0.917. The quantitative estimate of drug-likeness (QED) is 0.585. The summed E-state index contributed by atoms with van der Waals surface area (Å²) in [6.45, 7) is 4.29. The molecule has 0 radical (unpaired) electrons. The van der Waals surface area contributed by atoms with E-state index in [0.29, 0.717) is 18.9 Å². The van der Waals surface area contributed by atoms with Gasteiger partial charge >= 0.3 is 0 Å². The van der Waals surface area contributed by atoms with Crippen molar-refractivity contribution in [2.75, 3.05) is 19.6 Å². The zero-order valence-corrected chi connectivity index (χ0v) is 10.2. The molecule has 0 heterocycles. The smallest absolute Gasteiger partial charge is 0.221 e. The number of aliphatic hydroxyl groups excluding tert-OH is 1. The molecule has 4 heteroatoms. The fourth-order valence-electron chi connectivity index (χ4n) is 2.24. The van der Waals surface area contributed by atoms with E-state index in [2.05, 4.69) is 10.6 Å². The highest BCUT2D eigenvalue weighted by molar-refractivity contribution is 5.75. The van der Waals surface area contributed by atoms with Gasteiger partial charge in [-0.05, 0) is 38.6 Å². The molecule has 0 aromatic heterocycles. The van der Waals surface area contributed by atoms with E-state index < -0.39 is 0 Å². The van der Waals surface area contributed by atoms with Crippen LogP contribution < -0.4 is 10.6 Å². The summed E-state index contributed by atoms with van der Waals surface area (Å²) >= 11 is 0. The molecule has 0 aliphatic heterocycles. The molecule has 1 aliphatic rings. The van der Waals surface area contributed by atoms with Crippen LogP contribution in [0.4, 0.5) is 0 Å². The van der Waals surface area contributed by atoms with Gasteiger partial charge in [0, 0.05) is 19.5 Å². The highest BCUT2D eigenvalue weighted by Crippen LogP contribution is 2.23. The van der Waals surface area contributed by atoms with Crippen molar-refractivity contribution in [3.8, 4) is 0 Å². The lowest BCUT2D eigenvalue weighted by Gasteiger charge is -2.25. The van der Waals surface area contributed by atoms with Gasteiger partial charge in [-0.3, -0.25) is 4.79 Å². The molecule has 3 N–H and O–H groups in total. The molecule has 1 amide bonds. The second-order valence-corrected chi connectivity index (χ2v) is 4.59. The number of aliphatic hydroxyl groups is 1.